The third-order valence-electron chi connectivity index (χ3n) is 11.6. The van der Waals surface area contributed by atoms with Crippen LogP contribution in [0.4, 0.5) is 5.69 Å². The van der Waals surface area contributed by atoms with Crippen molar-refractivity contribution in [2.45, 2.75) is 258 Å². The van der Waals surface area contributed by atoms with Gasteiger partial charge in [-0.05, 0) is 50.7 Å². The van der Waals surface area contributed by atoms with Crippen molar-refractivity contribution in [1.82, 2.24) is 0 Å². The van der Waals surface area contributed by atoms with Crippen molar-refractivity contribution in [3.63, 3.8) is 0 Å². The minimum Gasteiger partial charge on any atom is -0.490 e. The first kappa shape index (κ1) is 54.6. The lowest BCUT2D eigenvalue weighted by Crippen LogP contribution is -2.05. The van der Waals surface area contributed by atoms with Crippen molar-refractivity contribution in [2.24, 2.45) is 0 Å². The van der Waals surface area contributed by atoms with Gasteiger partial charge in [0.2, 0.25) is 0 Å². The Hall–Kier alpha value is -2.44. The van der Waals surface area contributed by atoms with E-state index in [2.05, 4.69) is 13.8 Å². The number of hydrogen-bond donors (Lipinski definition) is 1. The summed E-state index contributed by atoms with van der Waals surface area (Å²) in [7, 11) is 0. The zero-order valence-electron chi connectivity index (χ0n) is 39.0. The van der Waals surface area contributed by atoms with Gasteiger partial charge in [-0.25, -0.2) is 0 Å². The maximum atomic E-state index is 12.0. The number of carbonyl (C=O) groups excluding carboxylic acids is 2. The van der Waals surface area contributed by atoms with E-state index in [1.54, 1.807) is 0 Å². The van der Waals surface area contributed by atoms with Crippen molar-refractivity contribution < 1.29 is 28.5 Å². The molecule has 0 aliphatic rings. The molecule has 59 heavy (non-hydrogen) atoms. The Labute approximate surface area is 364 Å². The van der Waals surface area contributed by atoms with Crippen LogP contribution < -0.4 is 15.2 Å². The third kappa shape index (κ3) is 38.2. The van der Waals surface area contributed by atoms with Crippen LogP contribution in [0.2, 0.25) is 0 Å². The van der Waals surface area contributed by atoms with Gasteiger partial charge in [-0.2, -0.15) is 0 Å². The van der Waals surface area contributed by atoms with E-state index in [-0.39, 0.29) is 11.9 Å². The summed E-state index contributed by atoms with van der Waals surface area (Å²) in [6, 6.07) is 5.68. The summed E-state index contributed by atoms with van der Waals surface area (Å²) in [5.74, 6) is 1.49. The second-order valence-corrected chi connectivity index (χ2v) is 17.4. The lowest BCUT2D eigenvalue weighted by Gasteiger charge is -2.13. The van der Waals surface area contributed by atoms with E-state index >= 15 is 0 Å². The first-order chi connectivity index (χ1) is 29.1. The number of ether oxygens (including phenoxy) is 4. The fraction of sp³-hybridized carbons (Fsp3) is 0.846. The quantitative estimate of drug-likeness (QED) is 0.0397. The molecule has 0 aliphatic carbocycles. The van der Waals surface area contributed by atoms with Gasteiger partial charge in [-0.3, -0.25) is 9.59 Å². The van der Waals surface area contributed by atoms with Gasteiger partial charge in [0.25, 0.3) is 0 Å². The topological polar surface area (TPSA) is 97.1 Å². The number of carbonyl (C=O) groups is 2. The second kappa shape index (κ2) is 43.6. The zero-order valence-corrected chi connectivity index (χ0v) is 39.0. The predicted octanol–water partition coefficient (Wildman–Crippen LogP) is 16.0. The highest BCUT2D eigenvalue weighted by atomic mass is 16.5. The van der Waals surface area contributed by atoms with Crippen LogP contribution in [0.25, 0.3) is 0 Å². The van der Waals surface area contributed by atoms with Crippen LogP contribution in [0.3, 0.4) is 0 Å². The Morgan fingerprint density at radius 3 is 1.02 bits per heavy atom. The molecule has 0 atom stereocenters. The Kier molecular flexibility index (Phi) is 40.4. The van der Waals surface area contributed by atoms with Crippen LogP contribution >= 0.6 is 0 Å². The second-order valence-electron chi connectivity index (χ2n) is 17.4. The summed E-state index contributed by atoms with van der Waals surface area (Å²) in [5, 5.41) is 0. The molecule has 7 heteroatoms. The minimum absolute atomic E-state index is 0.0179. The van der Waals surface area contributed by atoms with E-state index in [9.17, 15) is 9.59 Å². The van der Waals surface area contributed by atoms with E-state index < -0.39 is 0 Å². The van der Waals surface area contributed by atoms with Crippen LogP contribution in [0.5, 0.6) is 11.5 Å². The van der Waals surface area contributed by atoms with E-state index in [0.717, 1.165) is 75.7 Å². The molecule has 0 saturated heterocycles. The molecule has 1 aromatic rings. The molecule has 7 nitrogen and oxygen atoms in total. The summed E-state index contributed by atoms with van der Waals surface area (Å²) >= 11 is 0. The predicted molar refractivity (Wildman–Crippen MR) is 251 cm³/mol. The molecule has 0 spiro atoms. The highest BCUT2D eigenvalue weighted by Gasteiger charge is 2.08. The minimum atomic E-state index is -0.0188. The number of hydrogen-bond acceptors (Lipinski definition) is 7. The van der Waals surface area contributed by atoms with Gasteiger partial charge in [0.05, 0.1) is 26.4 Å². The van der Waals surface area contributed by atoms with Gasteiger partial charge in [-0.15, -0.1) is 0 Å². The molecule has 0 unspecified atom stereocenters. The molecule has 0 aromatic heterocycles. The van der Waals surface area contributed by atoms with Gasteiger partial charge in [0, 0.05) is 24.6 Å². The maximum absolute atomic E-state index is 12.0. The van der Waals surface area contributed by atoms with Crippen LogP contribution in [0, 0.1) is 0 Å². The SMILES string of the molecule is CCCCCCCCCCCCOC(=O)CCCCCCCCCCOc1ccc(N)cc1OCCCCCCCCCCC(=O)OCCCCCCCCCCCC. The molecule has 0 saturated carbocycles. The van der Waals surface area contributed by atoms with Crippen LogP contribution in [0.1, 0.15) is 258 Å². The van der Waals surface area contributed by atoms with E-state index in [1.165, 1.54) is 167 Å². The molecule has 0 heterocycles. The van der Waals surface area contributed by atoms with Gasteiger partial charge in [0.1, 0.15) is 0 Å². The van der Waals surface area contributed by atoms with E-state index in [4.69, 9.17) is 24.7 Å². The van der Waals surface area contributed by atoms with Crippen molar-refractivity contribution in [1.29, 1.82) is 0 Å². The van der Waals surface area contributed by atoms with Crippen molar-refractivity contribution >= 4 is 17.6 Å². The Morgan fingerprint density at radius 1 is 0.373 bits per heavy atom. The smallest absolute Gasteiger partial charge is 0.305 e. The number of unbranched alkanes of at least 4 members (excludes halogenated alkanes) is 32. The Balaban J connectivity index is 1.91. The molecule has 1 aromatic carbocycles. The number of esters is 2. The van der Waals surface area contributed by atoms with Crippen LogP contribution in [-0.4, -0.2) is 38.4 Å². The average Bonchev–Trinajstić information content (AvgIpc) is 3.23. The van der Waals surface area contributed by atoms with Crippen molar-refractivity contribution in [3.05, 3.63) is 18.2 Å². The third-order valence-corrected chi connectivity index (χ3v) is 11.6. The molecular formula is C52H95NO6. The molecule has 0 fully saturated rings. The first-order valence-electron chi connectivity index (χ1n) is 25.5. The monoisotopic (exact) mass is 830 g/mol. The fourth-order valence-electron chi connectivity index (χ4n) is 7.68. The Bertz CT molecular complexity index is 1060. The maximum Gasteiger partial charge on any atom is 0.305 e. The van der Waals surface area contributed by atoms with E-state index in [1.807, 2.05) is 18.2 Å². The molecule has 2 N–H and O–H groups in total. The van der Waals surface area contributed by atoms with Gasteiger partial charge in [-0.1, -0.05) is 206 Å². The van der Waals surface area contributed by atoms with Gasteiger partial charge in [0.15, 0.2) is 11.5 Å². The zero-order chi connectivity index (χ0) is 42.5. The summed E-state index contributed by atoms with van der Waals surface area (Å²) in [6.07, 6.45) is 45.2. The molecule has 1 rings (SSSR count). The van der Waals surface area contributed by atoms with Gasteiger partial charge >= 0.3 is 11.9 Å². The fourth-order valence-corrected chi connectivity index (χ4v) is 7.68. The molecule has 0 amide bonds. The number of benzene rings is 1. The summed E-state index contributed by atoms with van der Waals surface area (Å²) < 4.78 is 23.1. The van der Waals surface area contributed by atoms with Crippen LogP contribution in [-0.2, 0) is 19.1 Å². The molecule has 344 valence electrons. The molecular weight excluding hydrogens is 735 g/mol. The summed E-state index contributed by atoms with van der Waals surface area (Å²) in [6.45, 7) is 7.07. The lowest BCUT2D eigenvalue weighted by molar-refractivity contribution is -0.144. The number of anilines is 1. The summed E-state index contributed by atoms with van der Waals surface area (Å²) in [5.41, 5.74) is 6.75. The number of nitrogen functional groups attached to an aromatic ring is 1. The number of nitrogens with two attached hydrogens (primary N) is 1. The van der Waals surface area contributed by atoms with Crippen molar-refractivity contribution in [2.75, 3.05) is 32.2 Å². The lowest BCUT2D eigenvalue weighted by atomic mass is 10.1. The molecule has 0 bridgehead atoms. The normalized spacial score (nSPS) is 11.2. The largest absolute Gasteiger partial charge is 0.490 e. The molecule has 0 radical (unpaired) electrons. The first-order valence-corrected chi connectivity index (χ1v) is 25.5. The van der Waals surface area contributed by atoms with E-state index in [0.29, 0.717) is 45.0 Å². The Morgan fingerprint density at radius 2 is 0.661 bits per heavy atom. The van der Waals surface area contributed by atoms with Crippen LogP contribution in [0.15, 0.2) is 18.2 Å². The highest BCUT2D eigenvalue weighted by molar-refractivity contribution is 5.69. The number of rotatable bonds is 46. The standard InChI is InChI=1S/C52H95NO6/c1-3-5-7-9-11-13-17-25-31-37-45-58-51(54)39-33-27-21-15-19-23-29-35-43-56-49-42-41-48(53)47-50(49)57-44-36-30-24-20-16-22-28-34-40-52(55)59-46-38-32-26-18-14-12-10-8-6-4-2/h41-42,47H,3-40,43-46,53H2,1-2H3. The van der Waals surface area contributed by atoms with Gasteiger partial charge < -0.3 is 24.7 Å². The average molecular weight is 830 g/mol. The molecule has 0 aliphatic heterocycles. The van der Waals surface area contributed by atoms with Crippen molar-refractivity contribution in [3.8, 4) is 11.5 Å². The highest BCUT2D eigenvalue weighted by Crippen LogP contribution is 2.30. The summed E-state index contributed by atoms with van der Waals surface area (Å²) in [4.78, 5) is 24.1.